The van der Waals surface area contributed by atoms with E-state index in [4.69, 9.17) is 0 Å². The van der Waals surface area contributed by atoms with Crippen molar-refractivity contribution in [2.75, 3.05) is 42.3 Å². The number of aromatic amines is 1. The van der Waals surface area contributed by atoms with Crippen molar-refractivity contribution >= 4 is 14.3 Å². The van der Waals surface area contributed by atoms with Crippen LogP contribution in [0.5, 0.6) is 0 Å². The molecule has 28 heavy (non-hydrogen) atoms. The number of rotatable bonds is 3. The van der Waals surface area contributed by atoms with Gasteiger partial charge in [0.2, 0.25) is 0 Å². The molecule has 0 amide bonds. The van der Waals surface area contributed by atoms with Crippen LogP contribution in [-0.4, -0.2) is 68.0 Å². The molecule has 3 aromatic rings. The summed E-state index contributed by atoms with van der Waals surface area (Å²) in [5.74, 6) is 0. The molecule has 0 saturated heterocycles. The van der Waals surface area contributed by atoms with Crippen LogP contribution in [0.15, 0.2) is 54.6 Å². The molecular formula is C23H31N4Zr. The molecule has 1 aliphatic carbocycles. The summed E-state index contributed by atoms with van der Waals surface area (Å²) in [5.41, 5.74) is 4.19. The van der Waals surface area contributed by atoms with Gasteiger partial charge in [0.25, 0.3) is 0 Å². The molecule has 0 saturated carbocycles. The maximum atomic E-state index is 3.30. The second kappa shape index (κ2) is 9.04. The average molecular weight is 455 g/mol. The van der Waals surface area contributed by atoms with Gasteiger partial charge in [-0.1, -0.05) is 24.3 Å². The molecule has 0 radical (unpaired) electrons. The van der Waals surface area contributed by atoms with Gasteiger partial charge >= 0.3 is 74.3 Å². The molecule has 1 heterocycles. The number of hydrogen-bond acceptors (Lipinski definition) is 3. The molecule has 0 bridgehead atoms. The number of H-pyrrole nitrogens is 1. The van der Waals surface area contributed by atoms with Crippen LogP contribution in [0.2, 0.25) is 0 Å². The van der Waals surface area contributed by atoms with Crippen molar-refractivity contribution in [3.05, 3.63) is 65.7 Å². The first-order valence-electron chi connectivity index (χ1n) is 9.68. The second-order valence-electron chi connectivity index (χ2n) is 8.17. The minimum absolute atomic E-state index is 0.462. The number of hydrogen-bond donors (Lipinski definition) is 1. The van der Waals surface area contributed by atoms with Gasteiger partial charge in [-0.25, -0.2) is 0 Å². The van der Waals surface area contributed by atoms with Gasteiger partial charge in [-0.2, -0.15) is 0 Å². The van der Waals surface area contributed by atoms with Crippen LogP contribution in [0.4, 0.5) is 0 Å². The minimum atomic E-state index is 0.462. The van der Waals surface area contributed by atoms with Crippen molar-refractivity contribution < 1.29 is 24.7 Å². The quantitative estimate of drug-likeness (QED) is 0.658. The van der Waals surface area contributed by atoms with Gasteiger partial charge in [0, 0.05) is 6.04 Å². The van der Waals surface area contributed by atoms with Crippen LogP contribution in [0.3, 0.4) is 0 Å². The van der Waals surface area contributed by atoms with Gasteiger partial charge in [0.1, 0.15) is 0 Å². The zero-order valence-electron chi connectivity index (χ0n) is 17.8. The number of likely N-dealkylation sites (N-methyl/N-ethyl adjacent to an activating group) is 3. The van der Waals surface area contributed by atoms with Crippen molar-refractivity contribution in [2.24, 2.45) is 0 Å². The predicted octanol–water partition coefficient (Wildman–Crippen LogP) is 3.18. The van der Waals surface area contributed by atoms with Crippen LogP contribution in [0.1, 0.15) is 23.2 Å². The summed E-state index contributed by atoms with van der Waals surface area (Å²) in [7, 11) is 13.1. The Morgan fingerprint density at radius 1 is 0.714 bits per heavy atom. The van der Waals surface area contributed by atoms with Gasteiger partial charge in [0.05, 0.1) is 12.1 Å². The molecule has 1 aromatic heterocycles. The molecule has 2 atom stereocenters. The van der Waals surface area contributed by atoms with Gasteiger partial charge in [-0.05, 0) is 53.4 Å². The van der Waals surface area contributed by atoms with E-state index in [-0.39, 0.29) is 0 Å². The predicted molar refractivity (Wildman–Crippen MR) is 115 cm³/mol. The standard InChI is InChI=1S/C15H25N3.C8H6N.Zr/c1-16(2)13-11-9-7-8-10-12(11)14(17(3)4)15(13)18(5)6;1-2-4-8-7(3-1)5-6-9-8;/h7-10,13-15H,1-6H3;1-5,9H;. The van der Waals surface area contributed by atoms with Crippen molar-refractivity contribution in [1.82, 2.24) is 19.7 Å². The molecular weight excluding hydrogens is 424 g/mol. The first-order valence-corrected chi connectivity index (χ1v) is 10.9. The van der Waals surface area contributed by atoms with E-state index in [2.05, 4.69) is 111 Å². The van der Waals surface area contributed by atoms with Crippen LogP contribution >= 0.6 is 0 Å². The number of nitrogens with one attached hydrogen (secondary N) is 1. The molecule has 4 rings (SSSR count). The Morgan fingerprint density at radius 3 is 1.68 bits per heavy atom. The zero-order chi connectivity index (χ0) is 20.4. The van der Waals surface area contributed by atoms with E-state index in [0.717, 1.165) is 0 Å². The van der Waals surface area contributed by atoms with E-state index in [1.807, 2.05) is 6.07 Å². The first kappa shape index (κ1) is 21.5. The van der Waals surface area contributed by atoms with Crippen LogP contribution in [0, 0.1) is 0 Å². The first-order chi connectivity index (χ1) is 13.3. The molecule has 1 N–H and O–H groups in total. The van der Waals surface area contributed by atoms with Gasteiger partial charge in [-0.15, -0.1) is 0 Å². The number of nitrogens with zero attached hydrogens (tertiary/aromatic N) is 3. The summed E-state index contributed by atoms with van der Waals surface area (Å²) in [5, 5.41) is 1.31. The van der Waals surface area contributed by atoms with E-state index in [1.54, 1.807) is 0 Å². The second-order valence-corrected chi connectivity index (χ2v) is 9.49. The Labute approximate surface area is 184 Å². The Balaban J connectivity index is 0.000000188. The summed E-state index contributed by atoms with van der Waals surface area (Å²) in [6, 6.07) is 20.8. The number of aromatic nitrogens is 1. The number of benzene rings is 2. The Hall–Kier alpha value is -1.26. The van der Waals surface area contributed by atoms with Crippen molar-refractivity contribution in [3.8, 4) is 0 Å². The topological polar surface area (TPSA) is 25.5 Å². The third-order valence-corrected chi connectivity index (χ3v) is 6.18. The Kier molecular flexibility index (Phi) is 6.93. The number of fused-ring (bicyclic) bond motifs is 2. The molecule has 1 aliphatic rings. The fourth-order valence-corrected chi connectivity index (χ4v) is 5.11. The third-order valence-electron chi connectivity index (χ3n) is 5.52. The van der Waals surface area contributed by atoms with E-state index >= 15 is 0 Å². The van der Waals surface area contributed by atoms with Crippen molar-refractivity contribution in [2.45, 2.75) is 18.1 Å². The summed E-state index contributed by atoms with van der Waals surface area (Å²) in [4.78, 5) is 10.3. The Bertz CT molecular complexity index is 848. The SMILES string of the molecule is CN(C)C1c2ccccc2C(N(C)C)C1N(C)C.[Zr][c]1cc2ccccc2[nH]1. The zero-order valence-corrected chi connectivity index (χ0v) is 20.2. The fourth-order valence-electron chi connectivity index (χ4n) is 4.40. The molecule has 2 unspecified atom stereocenters. The van der Waals surface area contributed by atoms with E-state index in [1.165, 1.54) is 50.2 Å². The van der Waals surface area contributed by atoms with Crippen LogP contribution in [0.25, 0.3) is 10.9 Å². The Morgan fingerprint density at radius 2 is 1.21 bits per heavy atom. The molecule has 0 spiro atoms. The van der Waals surface area contributed by atoms with Gasteiger partial charge in [-0.3, -0.25) is 0 Å². The normalized spacial score (nSPS) is 21.2. The van der Waals surface area contributed by atoms with Crippen molar-refractivity contribution in [3.63, 3.8) is 0 Å². The van der Waals surface area contributed by atoms with Crippen LogP contribution < -0.4 is 3.40 Å². The van der Waals surface area contributed by atoms with Crippen LogP contribution in [-0.2, 0) is 24.7 Å². The monoisotopic (exact) mass is 453 g/mol. The van der Waals surface area contributed by atoms with Gasteiger partial charge < -0.3 is 14.7 Å². The summed E-state index contributed by atoms with van der Waals surface area (Å²) >= 11 is 1.45. The molecule has 4 nitrogen and oxygen atoms in total. The van der Waals surface area contributed by atoms with E-state index < -0.39 is 0 Å². The fraction of sp³-hybridized carbons (Fsp3) is 0.391. The van der Waals surface area contributed by atoms with E-state index in [9.17, 15) is 0 Å². The molecule has 147 valence electrons. The molecule has 5 heteroatoms. The average Bonchev–Trinajstić information content (AvgIpc) is 3.19. The van der Waals surface area contributed by atoms with Gasteiger partial charge in [0.15, 0.2) is 0 Å². The summed E-state index contributed by atoms with van der Waals surface area (Å²) < 4.78 is 1.31. The van der Waals surface area contributed by atoms with E-state index in [0.29, 0.717) is 18.1 Å². The van der Waals surface area contributed by atoms with Crippen molar-refractivity contribution in [1.29, 1.82) is 0 Å². The maximum absolute atomic E-state index is 3.30. The summed E-state index contributed by atoms with van der Waals surface area (Å²) in [6.07, 6.45) is 0. The number of para-hydroxylation sites is 1. The third kappa shape index (κ3) is 4.33. The molecule has 0 fully saturated rings. The summed E-state index contributed by atoms with van der Waals surface area (Å²) in [6.45, 7) is 0. The molecule has 0 aliphatic heterocycles. The molecule has 2 aromatic carbocycles.